The number of H-pyrrole nitrogens is 1. The fraction of sp³-hybridized carbons (Fsp3) is 0.424. The van der Waals surface area contributed by atoms with Crippen molar-refractivity contribution in [2.75, 3.05) is 18.4 Å². The van der Waals surface area contributed by atoms with E-state index in [0.29, 0.717) is 11.8 Å². The number of hydrogen-bond acceptors (Lipinski definition) is 7. The summed E-state index contributed by atoms with van der Waals surface area (Å²) in [7, 11) is 0. The van der Waals surface area contributed by atoms with Crippen LogP contribution in [0.3, 0.4) is 0 Å². The number of aromatic nitrogens is 7. The molecular weight excluding hydrogens is 522 g/mol. The Labute approximate surface area is 246 Å². The number of piperidine rings is 1. The van der Waals surface area contributed by atoms with E-state index in [2.05, 4.69) is 106 Å². The zero-order chi connectivity index (χ0) is 28.8. The van der Waals surface area contributed by atoms with Crippen LogP contribution in [-0.4, -0.2) is 53.1 Å². The first kappa shape index (κ1) is 26.8. The monoisotopic (exact) mass is 561 g/mol. The molecule has 2 aromatic carbocycles. The van der Waals surface area contributed by atoms with Crippen molar-refractivity contribution in [3.8, 4) is 0 Å². The quantitative estimate of drug-likeness (QED) is 0.277. The second kappa shape index (κ2) is 10.9. The summed E-state index contributed by atoms with van der Waals surface area (Å²) >= 11 is 0. The molecule has 0 saturated carbocycles. The molecule has 1 saturated heterocycles. The smallest absolute Gasteiger partial charge is 0.177 e. The normalized spacial score (nSPS) is 18.9. The Kier molecular flexibility index (Phi) is 6.98. The van der Waals surface area contributed by atoms with Crippen LogP contribution in [0.2, 0.25) is 0 Å². The van der Waals surface area contributed by atoms with Gasteiger partial charge in [0.2, 0.25) is 0 Å². The van der Waals surface area contributed by atoms with Gasteiger partial charge in [-0.1, -0.05) is 43.3 Å². The van der Waals surface area contributed by atoms with Crippen LogP contribution < -0.4 is 5.32 Å². The summed E-state index contributed by atoms with van der Waals surface area (Å²) in [6.45, 7) is 12.5. The lowest BCUT2D eigenvalue weighted by Crippen LogP contribution is -2.38. The van der Waals surface area contributed by atoms with Gasteiger partial charge in [-0.05, 0) is 91.6 Å². The number of likely N-dealkylation sites (tertiary alicyclic amines) is 1. The zero-order valence-corrected chi connectivity index (χ0v) is 25.0. The lowest BCUT2D eigenvalue weighted by molar-refractivity contribution is 0.153. The number of rotatable bonds is 6. The summed E-state index contributed by atoms with van der Waals surface area (Å²) in [6, 6.07) is 16.0. The highest BCUT2D eigenvalue weighted by Crippen LogP contribution is 2.34. The molecule has 9 heteroatoms. The van der Waals surface area contributed by atoms with Crippen molar-refractivity contribution in [2.24, 2.45) is 5.92 Å². The number of pyridine rings is 1. The summed E-state index contributed by atoms with van der Waals surface area (Å²) in [5.74, 6) is 2.82. The summed E-state index contributed by atoms with van der Waals surface area (Å²) in [5, 5.41) is 18.6. The molecule has 2 atom stereocenters. The van der Waals surface area contributed by atoms with E-state index in [0.717, 1.165) is 80.4 Å². The Morgan fingerprint density at radius 3 is 2.33 bits per heavy atom. The van der Waals surface area contributed by atoms with E-state index in [1.807, 2.05) is 0 Å². The highest BCUT2D eigenvalue weighted by molar-refractivity contribution is 5.76. The minimum Gasteiger partial charge on any atom is -0.355 e. The van der Waals surface area contributed by atoms with Crippen LogP contribution in [-0.2, 0) is 32.4 Å². The Morgan fingerprint density at radius 1 is 0.929 bits per heavy atom. The maximum absolute atomic E-state index is 4.94. The molecule has 2 aliphatic heterocycles. The van der Waals surface area contributed by atoms with Gasteiger partial charge < -0.3 is 9.88 Å². The van der Waals surface area contributed by atoms with Gasteiger partial charge in [0.1, 0.15) is 11.3 Å². The Hall–Kier alpha value is -4.11. The minimum absolute atomic E-state index is 0.380. The van der Waals surface area contributed by atoms with Crippen molar-refractivity contribution in [3.63, 3.8) is 0 Å². The van der Waals surface area contributed by atoms with Gasteiger partial charge in [0, 0.05) is 42.5 Å². The minimum atomic E-state index is 0.380. The van der Waals surface area contributed by atoms with Gasteiger partial charge >= 0.3 is 0 Å². The van der Waals surface area contributed by atoms with Crippen LogP contribution >= 0.6 is 0 Å². The SMILES string of the molecule is CCc1nc2c(C)cc(C)nc2n1Cc1ccc2c(c1)CCc1cc(CN3CCC(c4nn[nH]n4)C(C)C3)ccc1N2. The average Bonchev–Trinajstić information content (AvgIpc) is 3.58. The van der Waals surface area contributed by atoms with Crippen LogP contribution in [0, 0.1) is 19.8 Å². The first-order valence-electron chi connectivity index (χ1n) is 15.2. The van der Waals surface area contributed by atoms with Crippen LogP contribution in [0.1, 0.15) is 71.3 Å². The highest BCUT2D eigenvalue weighted by atomic mass is 15.5. The summed E-state index contributed by atoms with van der Waals surface area (Å²) in [5.41, 5.74) is 12.1. The molecule has 0 spiro atoms. The molecule has 2 unspecified atom stereocenters. The molecule has 9 nitrogen and oxygen atoms in total. The van der Waals surface area contributed by atoms with E-state index in [1.165, 1.54) is 39.2 Å². The number of benzene rings is 2. The lowest BCUT2D eigenvalue weighted by atomic mass is 9.86. The van der Waals surface area contributed by atoms with Gasteiger partial charge in [-0.25, -0.2) is 9.97 Å². The number of tetrazole rings is 1. The van der Waals surface area contributed by atoms with E-state index >= 15 is 0 Å². The van der Waals surface area contributed by atoms with E-state index in [1.54, 1.807) is 0 Å². The van der Waals surface area contributed by atoms with Gasteiger partial charge in [-0.2, -0.15) is 5.21 Å². The first-order chi connectivity index (χ1) is 20.4. The topological polar surface area (TPSA) is 100 Å². The molecule has 0 bridgehead atoms. The van der Waals surface area contributed by atoms with Crippen LogP contribution in [0.15, 0.2) is 42.5 Å². The molecule has 3 aromatic heterocycles. The maximum atomic E-state index is 4.94. The lowest BCUT2D eigenvalue weighted by Gasteiger charge is -2.35. The Balaban J connectivity index is 1.06. The molecule has 0 amide bonds. The molecule has 2 aliphatic rings. The van der Waals surface area contributed by atoms with Crippen LogP contribution in [0.25, 0.3) is 11.2 Å². The van der Waals surface area contributed by atoms with Gasteiger partial charge in [0.05, 0.1) is 6.54 Å². The standard InChI is InChI=1S/C33H39N9/c1-5-30-36-31-20(2)14-22(4)34-33(31)42(30)19-24-7-11-29-26(16-24)9-8-25-15-23(6-10-28(25)35-29)18-41-13-12-27(21(3)17-41)32-37-39-40-38-32/h6-7,10-11,14-16,21,27,35H,5,8-9,12-13,17-19H2,1-4H3,(H,37,38,39,40). The number of nitrogens with zero attached hydrogens (tertiary/aromatic N) is 7. The molecule has 5 heterocycles. The molecular formula is C33H39N9. The molecule has 5 aromatic rings. The van der Waals surface area contributed by atoms with Crippen molar-refractivity contribution in [2.45, 2.75) is 72.4 Å². The van der Waals surface area contributed by atoms with Crippen LogP contribution in [0.4, 0.5) is 11.4 Å². The zero-order valence-electron chi connectivity index (χ0n) is 25.0. The molecule has 0 aliphatic carbocycles. The van der Waals surface area contributed by atoms with Crippen molar-refractivity contribution in [1.82, 2.24) is 40.1 Å². The first-order valence-corrected chi connectivity index (χ1v) is 15.2. The summed E-state index contributed by atoms with van der Waals surface area (Å²) < 4.78 is 2.30. The van der Waals surface area contributed by atoms with Crippen molar-refractivity contribution in [3.05, 3.63) is 87.6 Å². The third-order valence-electron chi connectivity index (χ3n) is 9.12. The number of fused-ring (bicyclic) bond motifs is 3. The number of imidazole rings is 1. The van der Waals surface area contributed by atoms with Crippen molar-refractivity contribution >= 4 is 22.5 Å². The predicted octanol–water partition coefficient (Wildman–Crippen LogP) is 5.64. The molecule has 42 heavy (non-hydrogen) atoms. The fourth-order valence-electron chi connectivity index (χ4n) is 6.97. The number of anilines is 2. The van der Waals surface area contributed by atoms with Crippen molar-refractivity contribution < 1.29 is 0 Å². The molecule has 0 radical (unpaired) electrons. The number of aryl methyl sites for hydroxylation is 5. The van der Waals surface area contributed by atoms with E-state index in [-0.39, 0.29) is 0 Å². The maximum Gasteiger partial charge on any atom is 0.177 e. The number of hydrogen-bond donors (Lipinski definition) is 2. The van der Waals surface area contributed by atoms with E-state index < -0.39 is 0 Å². The van der Waals surface area contributed by atoms with E-state index in [4.69, 9.17) is 9.97 Å². The average molecular weight is 562 g/mol. The van der Waals surface area contributed by atoms with Gasteiger partial charge in [0.25, 0.3) is 0 Å². The molecule has 1 fully saturated rings. The third-order valence-corrected chi connectivity index (χ3v) is 9.12. The molecule has 216 valence electrons. The fourth-order valence-corrected chi connectivity index (χ4v) is 6.97. The van der Waals surface area contributed by atoms with Crippen LogP contribution in [0.5, 0.6) is 0 Å². The van der Waals surface area contributed by atoms with Crippen molar-refractivity contribution in [1.29, 1.82) is 0 Å². The third kappa shape index (κ3) is 5.06. The highest BCUT2D eigenvalue weighted by Gasteiger charge is 2.30. The second-order valence-electron chi connectivity index (χ2n) is 12.2. The Morgan fingerprint density at radius 2 is 1.67 bits per heavy atom. The van der Waals surface area contributed by atoms with Gasteiger partial charge in [-0.3, -0.25) is 4.90 Å². The number of nitrogens with one attached hydrogen (secondary N) is 2. The van der Waals surface area contributed by atoms with Gasteiger partial charge in [-0.15, -0.1) is 10.2 Å². The largest absolute Gasteiger partial charge is 0.355 e. The predicted molar refractivity (Wildman–Crippen MR) is 165 cm³/mol. The Bertz CT molecular complexity index is 1740. The molecule has 2 N–H and O–H groups in total. The van der Waals surface area contributed by atoms with Gasteiger partial charge in [0.15, 0.2) is 11.5 Å². The summed E-state index contributed by atoms with van der Waals surface area (Å²) in [4.78, 5) is 12.4. The summed E-state index contributed by atoms with van der Waals surface area (Å²) in [6.07, 6.45) is 3.99. The van der Waals surface area contributed by atoms with E-state index in [9.17, 15) is 0 Å². The molecule has 7 rings (SSSR count). The second-order valence-corrected chi connectivity index (χ2v) is 12.2. The number of aromatic amines is 1.